The minimum absolute atomic E-state index is 0.0239. The van der Waals surface area contributed by atoms with E-state index in [4.69, 9.17) is 5.73 Å². The monoisotopic (exact) mass is 309 g/mol. The molecule has 2 N–H and O–H groups in total. The van der Waals surface area contributed by atoms with E-state index in [-0.39, 0.29) is 17.5 Å². The number of thiazole rings is 1. The lowest BCUT2D eigenvalue weighted by Crippen LogP contribution is -2.51. The van der Waals surface area contributed by atoms with E-state index in [1.165, 1.54) is 11.9 Å². The van der Waals surface area contributed by atoms with Gasteiger partial charge in [-0.25, -0.2) is 4.98 Å². The molecule has 0 fully saturated rings. The standard InChI is InChI=1S/C12H18F3N3OS/c1-4-5-11(2,16)10(19)18(3)6-9-17-8(7-20-9)12(13,14)15/h7H,4-6,16H2,1-3H3. The molecule has 0 aliphatic rings. The van der Waals surface area contributed by atoms with Gasteiger partial charge in [-0.05, 0) is 13.3 Å². The highest BCUT2D eigenvalue weighted by Gasteiger charge is 2.34. The van der Waals surface area contributed by atoms with Crippen molar-refractivity contribution < 1.29 is 18.0 Å². The summed E-state index contributed by atoms with van der Waals surface area (Å²) in [6.07, 6.45) is -3.19. The van der Waals surface area contributed by atoms with Gasteiger partial charge in [0.25, 0.3) is 0 Å². The van der Waals surface area contributed by atoms with Crippen molar-refractivity contribution in [2.45, 2.75) is 44.9 Å². The number of aromatic nitrogens is 1. The highest BCUT2D eigenvalue weighted by atomic mass is 32.1. The van der Waals surface area contributed by atoms with Gasteiger partial charge >= 0.3 is 6.18 Å². The van der Waals surface area contributed by atoms with E-state index in [0.717, 1.165) is 23.1 Å². The Kier molecular flexibility index (Phi) is 5.15. The first kappa shape index (κ1) is 16.9. The minimum Gasteiger partial charge on any atom is -0.337 e. The Morgan fingerprint density at radius 1 is 1.50 bits per heavy atom. The van der Waals surface area contributed by atoms with Crippen LogP contribution in [0.3, 0.4) is 0 Å². The summed E-state index contributed by atoms with van der Waals surface area (Å²) < 4.78 is 37.3. The van der Waals surface area contributed by atoms with Crippen LogP contribution in [0, 0.1) is 0 Å². The zero-order valence-electron chi connectivity index (χ0n) is 11.6. The maximum Gasteiger partial charge on any atom is 0.434 e. The summed E-state index contributed by atoms with van der Waals surface area (Å²) in [5.41, 5.74) is 3.98. The lowest BCUT2D eigenvalue weighted by atomic mass is 9.96. The molecule has 0 aliphatic carbocycles. The third kappa shape index (κ3) is 4.17. The van der Waals surface area contributed by atoms with E-state index < -0.39 is 17.4 Å². The molecule has 1 heterocycles. The summed E-state index contributed by atoms with van der Waals surface area (Å²) in [4.78, 5) is 16.9. The van der Waals surface area contributed by atoms with E-state index in [1.807, 2.05) is 6.92 Å². The van der Waals surface area contributed by atoms with Crippen molar-refractivity contribution in [3.63, 3.8) is 0 Å². The summed E-state index contributed by atoms with van der Waals surface area (Å²) in [6.45, 7) is 3.56. The fraction of sp³-hybridized carbons (Fsp3) is 0.667. The molecule has 114 valence electrons. The fourth-order valence-electron chi connectivity index (χ4n) is 1.85. The van der Waals surface area contributed by atoms with Crippen molar-refractivity contribution >= 4 is 17.2 Å². The maximum atomic E-state index is 12.4. The van der Waals surface area contributed by atoms with Crippen LogP contribution in [0.15, 0.2) is 5.38 Å². The lowest BCUT2D eigenvalue weighted by Gasteiger charge is -2.28. The third-order valence-corrected chi connectivity index (χ3v) is 3.65. The summed E-state index contributed by atoms with van der Waals surface area (Å²) in [5, 5.41) is 1.18. The SMILES string of the molecule is CCCC(C)(N)C(=O)N(C)Cc1nc(C(F)(F)F)cs1. The van der Waals surface area contributed by atoms with Crippen molar-refractivity contribution in [2.24, 2.45) is 5.73 Å². The molecular weight excluding hydrogens is 291 g/mol. The number of halogens is 3. The van der Waals surface area contributed by atoms with Gasteiger partial charge in [0, 0.05) is 12.4 Å². The van der Waals surface area contributed by atoms with Crippen molar-refractivity contribution in [1.29, 1.82) is 0 Å². The molecule has 1 amide bonds. The van der Waals surface area contributed by atoms with Gasteiger partial charge < -0.3 is 10.6 Å². The van der Waals surface area contributed by atoms with Crippen LogP contribution in [0.2, 0.25) is 0 Å². The van der Waals surface area contributed by atoms with E-state index in [1.54, 1.807) is 6.92 Å². The van der Waals surface area contributed by atoms with Crippen molar-refractivity contribution in [3.8, 4) is 0 Å². The van der Waals surface area contributed by atoms with Gasteiger partial charge in [-0.3, -0.25) is 4.79 Å². The van der Waals surface area contributed by atoms with Crippen LogP contribution in [0.4, 0.5) is 13.2 Å². The van der Waals surface area contributed by atoms with Gasteiger partial charge in [0.1, 0.15) is 5.01 Å². The second-order valence-electron chi connectivity index (χ2n) is 4.95. The fourth-order valence-corrected chi connectivity index (χ4v) is 2.70. The van der Waals surface area contributed by atoms with E-state index >= 15 is 0 Å². The Hall–Kier alpha value is -1.15. The van der Waals surface area contributed by atoms with Gasteiger partial charge in [-0.15, -0.1) is 11.3 Å². The summed E-state index contributed by atoms with van der Waals surface area (Å²) >= 11 is 0.880. The number of rotatable bonds is 5. The van der Waals surface area contributed by atoms with Crippen molar-refractivity contribution in [2.75, 3.05) is 7.05 Å². The summed E-state index contributed by atoms with van der Waals surface area (Å²) in [5.74, 6) is -0.303. The Bertz CT molecular complexity index is 471. The first-order chi connectivity index (χ1) is 9.08. The van der Waals surface area contributed by atoms with Crippen LogP contribution in [0.1, 0.15) is 37.4 Å². The van der Waals surface area contributed by atoms with Crippen LogP contribution >= 0.6 is 11.3 Å². The second-order valence-corrected chi connectivity index (χ2v) is 5.90. The number of hydrogen-bond donors (Lipinski definition) is 1. The molecule has 0 aliphatic heterocycles. The summed E-state index contributed by atoms with van der Waals surface area (Å²) in [7, 11) is 1.51. The second kappa shape index (κ2) is 6.09. The van der Waals surface area contributed by atoms with Crippen LogP contribution in [-0.4, -0.2) is 28.4 Å². The number of nitrogens with two attached hydrogens (primary N) is 1. The summed E-state index contributed by atoms with van der Waals surface area (Å²) in [6, 6.07) is 0. The topological polar surface area (TPSA) is 59.2 Å². The molecule has 8 heteroatoms. The van der Waals surface area contributed by atoms with Gasteiger partial charge in [0.15, 0.2) is 5.69 Å². The molecule has 20 heavy (non-hydrogen) atoms. The molecule has 1 aromatic heterocycles. The van der Waals surface area contributed by atoms with Gasteiger partial charge in [-0.2, -0.15) is 13.2 Å². The molecule has 1 aromatic rings. The smallest absolute Gasteiger partial charge is 0.337 e. The molecular formula is C12H18F3N3OS. The molecule has 0 saturated carbocycles. The highest BCUT2D eigenvalue weighted by Crippen LogP contribution is 2.30. The zero-order valence-corrected chi connectivity index (χ0v) is 12.4. The molecule has 0 radical (unpaired) electrons. The molecule has 1 atom stereocenters. The van der Waals surface area contributed by atoms with Gasteiger partial charge in [0.2, 0.25) is 5.91 Å². The number of carbonyl (C=O) groups is 1. The number of likely N-dealkylation sites (N-methyl/N-ethyl adjacent to an activating group) is 1. The van der Waals surface area contributed by atoms with Crippen LogP contribution in [0.5, 0.6) is 0 Å². The van der Waals surface area contributed by atoms with Crippen LogP contribution in [0.25, 0.3) is 0 Å². The van der Waals surface area contributed by atoms with Crippen LogP contribution in [-0.2, 0) is 17.5 Å². The Balaban J connectivity index is 2.74. The quantitative estimate of drug-likeness (QED) is 0.909. The molecule has 0 aromatic carbocycles. The average molecular weight is 309 g/mol. The Labute approximate surface area is 119 Å². The molecule has 0 saturated heterocycles. The lowest BCUT2D eigenvalue weighted by molar-refractivity contribution is -0.140. The third-order valence-electron chi connectivity index (χ3n) is 2.82. The first-order valence-electron chi connectivity index (χ1n) is 6.14. The molecule has 0 bridgehead atoms. The normalized spacial score (nSPS) is 14.9. The first-order valence-corrected chi connectivity index (χ1v) is 7.02. The predicted octanol–water partition coefficient (Wildman–Crippen LogP) is 2.64. The zero-order chi connectivity index (χ0) is 15.6. The highest BCUT2D eigenvalue weighted by molar-refractivity contribution is 7.09. The van der Waals surface area contributed by atoms with E-state index in [2.05, 4.69) is 4.98 Å². The number of amides is 1. The van der Waals surface area contributed by atoms with Crippen molar-refractivity contribution in [1.82, 2.24) is 9.88 Å². The minimum atomic E-state index is -4.46. The molecule has 1 rings (SSSR count). The van der Waals surface area contributed by atoms with Gasteiger partial charge in [0.05, 0.1) is 12.1 Å². The largest absolute Gasteiger partial charge is 0.434 e. The number of carbonyl (C=O) groups excluding carboxylic acids is 1. The molecule has 4 nitrogen and oxygen atoms in total. The van der Waals surface area contributed by atoms with Crippen LogP contribution < -0.4 is 5.73 Å². The maximum absolute atomic E-state index is 12.4. The Morgan fingerprint density at radius 3 is 2.55 bits per heavy atom. The van der Waals surface area contributed by atoms with E-state index in [9.17, 15) is 18.0 Å². The number of hydrogen-bond acceptors (Lipinski definition) is 4. The molecule has 1 unspecified atom stereocenters. The number of nitrogens with zero attached hydrogens (tertiary/aromatic N) is 2. The molecule has 0 spiro atoms. The number of alkyl halides is 3. The van der Waals surface area contributed by atoms with E-state index in [0.29, 0.717) is 6.42 Å². The Morgan fingerprint density at radius 2 is 2.10 bits per heavy atom. The van der Waals surface area contributed by atoms with Crippen molar-refractivity contribution in [3.05, 3.63) is 16.1 Å². The predicted molar refractivity (Wildman–Crippen MR) is 71.1 cm³/mol. The average Bonchev–Trinajstić information content (AvgIpc) is 2.76. The van der Waals surface area contributed by atoms with Gasteiger partial charge in [-0.1, -0.05) is 13.3 Å².